The average Bonchev–Trinajstić information content (AvgIpc) is 2.85. The highest BCUT2D eigenvalue weighted by molar-refractivity contribution is 6.30. The Bertz CT molecular complexity index is 445. The Morgan fingerprint density at radius 1 is 1.43 bits per heavy atom. The summed E-state index contributed by atoms with van der Waals surface area (Å²) in [6.45, 7) is 2.53. The lowest BCUT2D eigenvalue weighted by molar-refractivity contribution is -0.121. The summed E-state index contributed by atoms with van der Waals surface area (Å²) >= 11 is 6.00. The molecule has 1 heterocycles. The minimum absolute atomic E-state index is 0. The molecule has 1 amide bonds. The second kappa shape index (κ2) is 10.1. The molecule has 1 aliphatic rings. The van der Waals surface area contributed by atoms with E-state index >= 15 is 0 Å². The molecule has 1 aromatic carbocycles. The SMILES string of the molecule is CNCCC(=O)NC1CCN(c2cccc(Cl)c2)C1.Cl.Cl. The van der Waals surface area contributed by atoms with Gasteiger partial charge in [0, 0.05) is 42.8 Å². The van der Waals surface area contributed by atoms with Crippen molar-refractivity contribution < 1.29 is 4.79 Å². The highest BCUT2D eigenvalue weighted by atomic mass is 35.5. The van der Waals surface area contributed by atoms with E-state index in [4.69, 9.17) is 11.6 Å². The molecule has 0 aromatic heterocycles. The van der Waals surface area contributed by atoms with Crippen LogP contribution < -0.4 is 15.5 Å². The molecule has 1 fully saturated rings. The van der Waals surface area contributed by atoms with Crippen molar-refractivity contribution in [1.82, 2.24) is 10.6 Å². The first kappa shape index (κ1) is 20.3. The monoisotopic (exact) mass is 353 g/mol. The van der Waals surface area contributed by atoms with Crippen LogP contribution in [0.2, 0.25) is 5.02 Å². The molecule has 0 radical (unpaired) electrons. The van der Waals surface area contributed by atoms with Gasteiger partial charge in [0.25, 0.3) is 0 Å². The van der Waals surface area contributed by atoms with Crippen LogP contribution >= 0.6 is 36.4 Å². The van der Waals surface area contributed by atoms with Gasteiger partial charge in [-0.2, -0.15) is 0 Å². The van der Waals surface area contributed by atoms with E-state index in [0.29, 0.717) is 6.42 Å². The maximum Gasteiger partial charge on any atom is 0.221 e. The number of carbonyl (C=O) groups is 1. The maximum absolute atomic E-state index is 11.7. The number of hydrogen-bond acceptors (Lipinski definition) is 3. The average molecular weight is 355 g/mol. The van der Waals surface area contributed by atoms with Crippen LogP contribution in [0.3, 0.4) is 0 Å². The van der Waals surface area contributed by atoms with Gasteiger partial charge in [0.1, 0.15) is 0 Å². The number of halogens is 3. The van der Waals surface area contributed by atoms with Gasteiger partial charge in [-0.05, 0) is 31.7 Å². The summed E-state index contributed by atoms with van der Waals surface area (Å²) in [4.78, 5) is 13.9. The van der Waals surface area contributed by atoms with Crippen molar-refractivity contribution in [2.45, 2.75) is 18.9 Å². The Balaban J connectivity index is 0.00000200. The first-order valence-corrected chi connectivity index (χ1v) is 7.01. The van der Waals surface area contributed by atoms with Gasteiger partial charge in [-0.25, -0.2) is 0 Å². The third kappa shape index (κ3) is 6.30. The number of nitrogens with one attached hydrogen (secondary N) is 2. The summed E-state index contributed by atoms with van der Waals surface area (Å²) in [5, 5.41) is 6.80. The number of nitrogens with zero attached hydrogens (tertiary/aromatic N) is 1. The van der Waals surface area contributed by atoms with Crippen molar-refractivity contribution >= 4 is 48.0 Å². The van der Waals surface area contributed by atoms with E-state index in [1.54, 1.807) is 0 Å². The fraction of sp³-hybridized carbons (Fsp3) is 0.500. The first-order valence-electron chi connectivity index (χ1n) is 6.63. The molecule has 120 valence electrons. The summed E-state index contributed by atoms with van der Waals surface area (Å²) in [6.07, 6.45) is 1.52. The number of hydrogen-bond donors (Lipinski definition) is 2. The van der Waals surface area contributed by atoms with Crippen LogP contribution in [0.1, 0.15) is 12.8 Å². The molecule has 4 nitrogen and oxygen atoms in total. The molecule has 2 N–H and O–H groups in total. The summed E-state index contributed by atoms with van der Waals surface area (Å²) in [7, 11) is 1.85. The van der Waals surface area contributed by atoms with Gasteiger partial charge in [-0.15, -0.1) is 24.8 Å². The molecule has 0 spiro atoms. The number of amides is 1. The zero-order valence-electron chi connectivity index (χ0n) is 12.0. The highest BCUT2D eigenvalue weighted by Crippen LogP contribution is 2.23. The van der Waals surface area contributed by atoms with E-state index < -0.39 is 0 Å². The van der Waals surface area contributed by atoms with Crippen LogP contribution in [0.5, 0.6) is 0 Å². The van der Waals surface area contributed by atoms with Gasteiger partial charge >= 0.3 is 0 Å². The van der Waals surface area contributed by atoms with Crippen LogP contribution in [0.15, 0.2) is 24.3 Å². The Kier molecular flexibility index (Phi) is 9.79. The highest BCUT2D eigenvalue weighted by Gasteiger charge is 2.23. The Labute approximate surface area is 143 Å². The molecule has 1 unspecified atom stereocenters. The van der Waals surface area contributed by atoms with E-state index in [2.05, 4.69) is 21.6 Å². The summed E-state index contributed by atoms with van der Waals surface area (Å²) in [6, 6.07) is 8.08. The van der Waals surface area contributed by atoms with Crippen molar-refractivity contribution in [3.8, 4) is 0 Å². The largest absolute Gasteiger partial charge is 0.369 e. The lowest BCUT2D eigenvalue weighted by Gasteiger charge is -2.19. The predicted molar refractivity (Wildman–Crippen MR) is 93.3 cm³/mol. The van der Waals surface area contributed by atoms with E-state index in [9.17, 15) is 4.79 Å². The Morgan fingerprint density at radius 3 is 2.86 bits per heavy atom. The standard InChI is InChI=1S/C14H20ClN3O.2ClH/c1-16-7-5-14(19)17-12-6-8-18(10-12)13-4-2-3-11(15)9-13;;/h2-4,9,12,16H,5-8,10H2,1H3,(H,17,19);2*1H. The molecular formula is C14H22Cl3N3O. The second-order valence-corrected chi connectivity index (χ2v) is 5.27. The van der Waals surface area contributed by atoms with Gasteiger partial charge in [0.15, 0.2) is 0 Å². The number of benzene rings is 1. The minimum Gasteiger partial charge on any atom is -0.369 e. The second-order valence-electron chi connectivity index (χ2n) is 4.83. The molecule has 2 rings (SSSR count). The number of rotatable bonds is 5. The molecule has 0 aliphatic carbocycles. The zero-order valence-corrected chi connectivity index (χ0v) is 14.4. The minimum atomic E-state index is 0. The molecule has 1 aromatic rings. The van der Waals surface area contributed by atoms with Gasteiger partial charge in [-0.3, -0.25) is 4.79 Å². The summed E-state index contributed by atoms with van der Waals surface area (Å²) in [5.74, 6) is 0.118. The third-order valence-electron chi connectivity index (χ3n) is 3.33. The van der Waals surface area contributed by atoms with Crippen LogP contribution in [-0.4, -0.2) is 38.6 Å². The fourth-order valence-electron chi connectivity index (χ4n) is 2.32. The molecule has 7 heteroatoms. The number of carbonyl (C=O) groups excluding carboxylic acids is 1. The van der Waals surface area contributed by atoms with Crippen LogP contribution in [0, 0.1) is 0 Å². The normalized spacial score (nSPS) is 16.9. The van der Waals surface area contributed by atoms with Crippen molar-refractivity contribution in [2.24, 2.45) is 0 Å². The lowest BCUT2D eigenvalue weighted by Crippen LogP contribution is -2.38. The molecule has 21 heavy (non-hydrogen) atoms. The van der Waals surface area contributed by atoms with Gasteiger partial charge in [-0.1, -0.05) is 17.7 Å². The van der Waals surface area contributed by atoms with Crippen molar-refractivity contribution in [1.29, 1.82) is 0 Å². The molecule has 1 aliphatic heterocycles. The molecule has 1 atom stereocenters. The lowest BCUT2D eigenvalue weighted by atomic mass is 10.2. The van der Waals surface area contributed by atoms with Crippen molar-refractivity contribution in [2.75, 3.05) is 31.6 Å². The molecular weight excluding hydrogens is 333 g/mol. The van der Waals surface area contributed by atoms with E-state index in [1.807, 2.05) is 25.2 Å². The summed E-state index contributed by atoms with van der Waals surface area (Å²) < 4.78 is 0. The van der Waals surface area contributed by atoms with Crippen molar-refractivity contribution in [3.05, 3.63) is 29.3 Å². The molecule has 0 bridgehead atoms. The van der Waals surface area contributed by atoms with Gasteiger partial charge in [0.05, 0.1) is 0 Å². The van der Waals surface area contributed by atoms with Crippen LogP contribution in [0.25, 0.3) is 0 Å². The predicted octanol–water partition coefficient (Wildman–Crippen LogP) is 2.49. The van der Waals surface area contributed by atoms with Crippen LogP contribution in [-0.2, 0) is 4.79 Å². The number of anilines is 1. The Morgan fingerprint density at radius 2 is 2.19 bits per heavy atom. The molecule has 1 saturated heterocycles. The van der Waals surface area contributed by atoms with Crippen molar-refractivity contribution in [3.63, 3.8) is 0 Å². The smallest absolute Gasteiger partial charge is 0.221 e. The third-order valence-corrected chi connectivity index (χ3v) is 3.56. The quantitative estimate of drug-likeness (QED) is 0.854. The summed E-state index contributed by atoms with van der Waals surface area (Å²) in [5.41, 5.74) is 1.12. The zero-order chi connectivity index (χ0) is 13.7. The Hall–Kier alpha value is -0.680. The molecule has 0 saturated carbocycles. The van der Waals surface area contributed by atoms with Gasteiger partial charge in [0.2, 0.25) is 5.91 Å². The van der Waals surface area contributed by atoms with E-state index in [1.165, 1.54) is 0 Å². The topological polar surface area (TPSA) is 44.4 Å². The van der Waals surface area contributed by atoms with Crippen LogP contribution in [0.4, 0.5) is 5.69 Å². The first-order chi connectivity index (χ1) is 9.19. The van der Waals surface area contributed by atoms with E-state index in [0.717, 1.165) is 36.8 Å². The van der Waals surface area contributed by atoms with E-state index in [-0.39, 0.29) is 36.8 Å². The fourth-order valence-corrected chi connectivity index (χ4v) is 2.51. The van der Waals surface area contributed by atoms with Gasteiger partial charge < -0.3 is 15.5 Å². The maximum atomic E-state index is 11.7.